The average molecular weight is 270 g/mol. The van der Waals surface area contributed by atoms with Gasteiger partial charge in [-0.15, -0.1) is 0 Å². The summed E-state index contributed by atoms with van der Waals surface area (Å²) < 4.78 is 0. The lowest BCUT2D eigenvalue weighted by Crippen LogP contribution is -2.30. The van der Waals surface area contributed by atoms with Crippen LogP contribution in [0.25, 0.3) is 0 Å². The minimum Gasteiger partial charge on any atom is -0.329 e. The molecule has 3 N–H and O–H groups in total. The quantitative estimate of drug-likeness (QED) is 0.644. The van der Waals surface area contributed by atoms with Crippen molar-refractivity contribution >= 4 is 28.9 Å². The molecule has 18 heavy (non-hydrogen) atoms. The molecule has 0 aliphatic heterocycles. The number of hydrogen-bond donors (Lipinski definition) is 2. The Balaban J connectivity index is 2.21. The van der Waals surface area contributed by atoms with Gasteiger partial charge in [0.25, 0.3) is 5.69 Å². The summed E-state index contributed by atoms with van der Waals surface area (Å²) in [4.78, 5) is 22.0. The summed E-state index contributed by atoms with van der Waals surface area (Å²) in [6.07, 6.45) is 1.48. The monoisotopic (exact) mass is 269 g/mol. The highest BCUT2D eigenvalue weighted by Crippen LogP contribution is 2.45. The Hall–Kier alpha value is -1.66. The molecule has 6 nitrogen and oxygen atoms in total. The smallest absolute Gasteiger partial charge is 0.271 e. The summed E-state index contributed by atoms with van der Waals surface area (Å²) in [5, 5.41) is 13.5. The van der Waals surface area contributed by atoms with E-state index in [1.807, 2.05) is 0 Å². The van der Waals surface area contributed by atoms with E-state index in [1.165, 1.54) is 18.2 Å². The first-order chi connectivity index (χ1) is 8.48. The van der Waals surface area contributed by atoms with Crippen molar-refractivity contribution in [3.63, 3.8) is 0 Å². The van der Waals surface area contributed by atoms with Crippen molar-refractivity contribution in [3.8, 4) is 0 Å². The van der Waals surface area contributed by atoms with Crippen LogP contribution in [-0.2, 0) is 4.79 Å². The first-order valence-electron chi connectivity index (χ1n) is 5.44. The summed E-state index contributed by atoms with van der Waals surface area (Å²) in [5.74, 6) is -0.229. The molecule has 1 aromatic carbocycles. The van der Waals surface area contributed by atoms with Crippen LogP contribution in [0.5, 0.6) is 0 Å². The molecule has 96 valence electrons. The van der Waals surface area contributed by atoms with Gasteiger partial charge in [-0.05, 0) is 18.9 Å². The first kappa shape index (κ1) is 12.8. The lowest BCUT2D eigenvalue weighted by molar-refractivity contribution is -0.384. The van der Waals surface area contributed by atoms with Gasteiger partial charge in [0.15, 0.2) is 0 Å². The largest absolute Gasteiger partial charge is 0.329 e. The molecule has 0 atom stereocenters. The van der Waals surface area contributed by atoms with Gasteiger partial charge in [0.1, 0.15) is 0 Å². The Bertz CT molecular complexity index is 514. The van der Waals surface area contributed by atoms with Crippen molar-refractivity contribution in [2.45, 2.75) is 12.8 Å². The second-order valence-corrected chi connectivity index (χ2v) is 4.77. The Morgan fingerprint density at radius 2 is 2.22 bits per heavy atom. The second-order valence-electron chi connectivity index (χ2n) is 4.36. The van der Waals surface area contributed by atoms with Gasteiger partial charge in [-0.1, -0.05) is 11.6 Å². The summed E-state index contributed by atoms with van der Waals surface area (Å²) in [6, 6.07) is 3.91. The Morgan fingerprint density at radius 3 is 2.72 bits per heavy atom. The lowest BCUT2D eigenvalue weighted by Gasteiger charge is -2.13. The van der Waals surface area contributed by atoms with E-state index in [1.54, 1.807) is 0 Å². The van der Waals surface area contributed by atoms with Crippen LogP contribution in [0.15, 0.2) is 18.2 Å². The summed E-state index contributed by atoms with van der Waals surface area (Å²) >= 11 is 5.89. The summed E-state index contributed by atoms with van der Waals surface area (Å²) in [6.45, 7) is 0.269. The molecule has 1 amide bonds. The molecular formula is C11H12ClN3O3. The Kier molecular flexibility index (Phi) is 3.23. The highest BCUT2D eigenvalue weighted by molar-refractivity contribution is 6.33. The van der Waals surface area contributed by atoms with E-state index in [-0.39, 0.29) is 28.8 Å². The van der Waals surface area contributed by atoms with Gasteiger partial charge in [0.05, 0.1) is 21.0 Å². The highest BCUT2D eigenvalue weighted by Gasteiger charge is 2.48. The lowest BCUT2D eigenvalue weighted by atomic mass is 10.1. The van der Waals surface area contributed by atoms with Gasteiger partial charge in [-0.3, -0.25) is 14.9 Å². The van der Waals surface area contributed by atoms with E-state index in [4.69, 9.17) is 17.3 Å². The van der Waals surface area contributed by atoms with Gasteiger partial charge >= 0.3 is 0 Å². The molecular weight excluding hydrogens is 258 g/mol. The SMILES string of the molecule is NCC1(C(=O)Nc2cc([N+](=O)[O-])ccc2Cl)CC1. The average Bonchev–Trinajstić information content (AvgIpc) is 3.12. The molecule has 2 rings (SSSR count). The number of non-ortho nitro benzene ring substituents is 1. The number of nitrogens with two attached hydrogens (primary N) is 1. The number of benzene rings is 1. The topological polar surface area (TPSA) is 98.3 Å². The van der Waals surface area contributed by atoms with Crippen LogP contribution in [0.3, 0.4) is 0 Å². The maximum absolute atomic E-state index is 11.9. The minimum atomic E-state index is -0.540. The number of nitrogens with zero attached hydrogens (tertiary/aromatic N) is 1. The summed E-state index contributed by atoms with van der Waals surface area (Å²) in [7, 11) is 0. The molecule has 0 spiro atoms. The van der Waals surface area contributed by atoms with Crippen LogP contribution in [0.4, 0.5) is 11.4 Å². The van der Waals surface area contributed by atoms with Crippen LogP contribution in [-0.4, -0.2) is 17.4 Å². The van der Waals surface area contributed by atoms with Crippen molar-refractivity contribution in [1.82, 2.24) is 0 Å². The maximum atomic E-state index is 11.9. The fraction of sp³-hybridized carbons (Fsp3) is 0.364. The van der Waals surface area contributed by atoms with E-state index in [0.29, 0.717) is 0 Å². The molecule has 0 saturated heterocycles. The van der Waals surface area contributed by atoms with Crippen LogP contribution >= 0.6 is 11.6 Å². The molecule has 1 saturated carbocycles. The van der Waals surface area contributed by atoms with Crippen molar-refractivity contribution in [2.75, 3.05) is 11.9 Å². The molecule has 0 radical (unpaired) electrons. The zero-order chi connectivity index (χ0) is 13.3. The molecule has 0 unspecified atom stereocenters. The number of carbonyl (C=O) groups excluding carboxylic acids is 1. The van der Waals surface area contributed by atoms with E-state index in [2.05, 4.69) is 5.32 Å². The van der Waals surface area contributed by atoms with Gasteiger partial charge in [0, 0.05) is 18.7 Å². The molecule has 0 bridgehead atoms. The molecule has 0 heterocycles. The number of hydrogen-bond acceptors (Lipinski definition) is 4. The Labute approximate surface area is 108 Å². The molecule has 1 fully saturated rings. The van der Waals surface area contributed by atoms with Crippen molar-refractivity contribution in [1.29, 1.82) is 0 Å². The maximum Gasteiger partial charge on any atom is 0.271 e. The molecule has 7 heteroatoms. The van der Waals surface area contributed by atoms with E-state index < -0.39 is 10.3 Å². The number of nitro benzene ring substituents is 1. The minimum absolute atomic E-state index is 0.118. The van der Waals surface area contributed by atoms with E-state index in [0.717, 1.165) is 12.8 Å². The third kappa shape index (κ3) is 2.30. The van der Waals surface area contributed by atoms with E-state index in [9.17, 15) is 14.9 Å². The number of amides is 1. The number of carbonyl (C=O) groups is 1. The van der Waals surface area contributed by atoms with Crippen LogP contribution in [0, 0.1) is 15.5 Å². The van der Waals surface area contributed by atoms with Gasteiger partial charge in [0.2, 0.25) is 5.91 Å². The van der Waals surface area contributed by atoms with Crippen molar-refractivity contribution in [3.05, 3.63) is 33.3 Å². The number of halogens is 1. The first-order valence-corrected chi connectivity index (χ1v) is 5.82. The predicted octanol–water partition coefficient (Wildman–Crippen LogP) is 1.93. The van der Waals surface area contributed by atoms with Crippen LogP contribution in [0.2, 0.25) is 5.02 Å². The number of anilines is 1. The molecule has 1 aromatic rings. The van der Waals surface area contributed by atoms with Crippen LogP contribution in [0.1, 0.15) is 12.8 Å². The molecule has 1 aliphatic carbocycles. The zero-order valence-corrected chi connectivity index (χ0v) is 10.2. The van der Waals surface area contributed by atoms with Crippen LogP contribution < -0.4 is 11.1 Å². The normalized spacial score (nSPS) is 16.1. The number of nitro groups is 1. The van der Waals surface area contributed by atoms with E-state index >= 15 is 0 Å². The fourth-order valence-corrected chi connectivity index (χ4v) is 1.82. The van der Waals surface area contributed by atoms with Crippen molar-refractivity contribution < 1.29 is 9.72 Å². The number of nitrogens with one attached hydrogen (secondary N) is 1. The Morgan fingerprint density at radius 1 is 1.56 bits per heavy atom. The summed E-state index contributed by atoms with van der Waals surface area (Å²) in [5.41, 5.74) is 5.15. The fourth-order valence-electron chi connectivity index (χ4n) is 1.65. The second kappa shape index (κ2) is 4.55. The van der Waals surface area contributed by atoms with Gasteiger partial charge < -0.3 is 11.1 Å². The molecule has 1 aliphatic rings. The standard InChI is InChI=1S/C11H12ClN3O3/c12-8-2-1-7(15(17)18)5-9(8)14-10(16)11(6-13)3-4-11/h1-2,5H,3-4,6,13H2,(H,14,16). The van der Waals surface area contributed by atoms with Gasteiger partial charge in [-0.25, -0.2) is 0 Å². The predicted molar refractivity (Wildman–Crippen MR) is 67.5 cm³/mol. The third-order valence-electron chi connectivity index (χ3n) is 3.13. The van der Waals surface area contributed by atoms with Gasteiger partial charge in [-0.2, -0.15) is 0 Å². The highest BCUT2D eigenvalue weighted by atomic mass is 35.5. The third-order valence-corrected chi connectivity index (χ3v) is 3.46. The van der Waals surface area contributed by atoms with Crippen molar-refractivity contribution in [2.24, 2.45) is 11.1 Å². The zero-order valence-electron chi connectivity index (χ0n) is 9.48. The number of rotatable bonds is 4. The molecule has 0 aromatic heterocycles.